The third-order valence-electron chi connectivity index (χ3n) is 10.1. The van der Waals surface area contributed by atoms with Gasteiger partial charge in [-0.15, -0.1) is 0 Å². The highest BCUT2D eigenvalue weighted by atomic mass is 15.0. The Balaban J connectivity index is 1.12. The van der Waals surface area contributed by atoms with Crippen molar-refractivity contribution in [2.75, 3.05) is 0 Å². The van der Waals surface area contributed by atoms with Crippen LogP contribution in [0, 0.1) is 6.92 Å². The van der Waals surface area contributed by atoms with E-state index in [1.54, 1.807) is 0 Å². The van der Waals surface area contributed by atoms with Crippen LogP contribution in [-0.2, 0) is 0 Å². The van der Waals surface area contributed by atoms with Gasteiger partial charge < -0.3 is 9.13 Å². The molecule has 2 heteroatoms. The second-order valence-electron chi connectivity index (χ2n) is 13.1. The predicted octanol–water partition coefficient (Wildman–Crippen LogP) is 13.1. The van der Waals surface area contributed by atoms with Gasteiger partial charge in [0.05, 0.1) is 16.6 Å². The molecule has 0 unspecified atom stereocenters. The van der Waals surface area contributed by atoms with Crippen molar-refractivity contribution in [2.24, 2.45) is 0 Å². The van der Waals surface area contributed by atoms with Gasteiger partial charge in [0.25, 0.3) is 0 Å². The molecule has 242 valence electrons. The molecule has 0 bridgehead atoms. The Hall–Kier alpha value is -6.64. The minimum atomic E-state index is 0.967. The van der Waals surface area contributed by atoms with Crippen LogP contribution >= 0.6 is 0 Å². The van der Waals surface area contributed by atoms with Crippen LogP contribution in [0.2, 0.25) is 0 Å². The van der Waals surface area contributed by atoms with Crippen LogP contribution in [0.1, 0.15) is 16.8 Å². The van der Waals surface area contributed by atoms with E-state index in [4.69, 9.17) is 0 Å². The van der Waals surface area contributed by atoms with E-state index < -0.39 is 0 Å². The van der Waals surface area contributed by atoms with Crippen molar-refractivity contribution in [3.8, 4) is 33.6 Å². The summed E-state index contributed by atoms with van der Waals surface area (Å²) in [5, 5.41) is 3.69. The highest BCUT2D eigenvalue weighted by Crippen LogP contribution is 2.36. The van der Waals surface area contributed by atoms with E-state index in [-0.39, 0.29) is 0 Å². The smallest absolute Gasteiger partial charge is 0.0541 e. The van der Waals surface area contributed by atoms with E-state index in [1.807, 2.05) is 0 Å². The molecule has 0 aliphatic rings. The molecule has 7 aromatic carbocycles. The van der Waals surface area contributed by atoms with Gasteiger partial charge in [-0.2, -0.15) is 0 Å². The first kappa shape index (κ1) is 30.4. The highest BCUT2D eigenvalue weighted by molar-refractivity contribution is 6.10. The van der Waals surface area contributed by atoms with E-state index in [1.165, 1.54) is 60.5 Å². The number of rotatable bonds is 7. The maximum absolute atomic E-state index is 4.57. The number of fused-ring (bicyclic) bond motifs is 4. The Morgan fingerprint density at radius 3 is 1.61 bits per heavy atom. The lowest BCUT2D eigenvalue weighted by molar-refractivity contribution is 1.10. The number of allylic oxidation sites excluding steroid dienone is 2. The maximum atomic E-state index is 4.57. The second kappa shape index (κ2) is 12.7. The zero-order valence-corrected chi connectivity index (χ0v) is 28.5. The van der Waals surface area contributed by atoms with Crippen LogP contribution in [-0.4, -0.2) is 9.13 Å². The highest BCUT2D eigenvalue weighted by Gasteiger charge is 2.16. The summed E-state index contributed by atoms with van der Waals surface area (Å²) in [4.78, 5) is 0. The summed E-state index contributed by atoms with van der Waals surface area (Å²) in [5.41, 5.74) is 15.1. The van der Waals surface area contributed by atoms with Crippen LogP contribution in [0.3, 0.4) is 0 Å². The third kappa shape index (κ3) is 5.39. The van der Waals surface area contributed by atoms with Crippen molar-refractivity contribution in [1.82, 2.24) is 9.13 Å². The minimum absolute atomic E-state index is 0.967. The maximum Gasteiger partial charge on any atom is 0.0541 e. The molecule has 0 N–H and O–H groups in total. The fourth-order valence-corrected chi connectivity index (χ4v) is 7.54. The average Bonchev–Trinajstić information content (AvgIpc) is 3.68. The van der Waals surface area contributed by atoms with Gasteiger partial charge in [-0.25, -0.2) is 0 Å². The van der Waals surface area contributed by atoms with Crippen molar-refractivity contribution < 1.29 is 0 Å². The summed E-state index contributed by atoms with van der Waals surface area (Å²) in [7, 11) is 0. The average molecular weight is 653 g/mol. The van der Waals surface area contributed by atoms with Gasteiger partial charge in [-0.05, 0) is 100 Å². The minimum Gasteiger partial charge on any atom is -0.310 e. The van der Waals surface area contributed by atoms with Gasteiger partial charge in [0.15, 0.2) is 0 Å². The monoisotopic (exact) mass is 652 g/mol. The molecule has 0 radical (unpaired) electrons. The Bertz CT molecular complexity index is 2760. The Kier molecular flexibility index (Phi) is 7.56. The van der Waals surface area contributed by atoms with Crippen molar-refractivity contribution in [1.29, 1.82) is 0 Å². The van der Waals surface area contributed by atoms with Crippen molar-refractivity contribution in [3.63, 3.8) is 0 Å². The lowest BCUT2D eigenvalue weighted by Gasteiger charge is -2.12. The summed E-state index contributed by atoms with van der Waals surface area (Å²) in [6, 6.07) is 62.9. The van der Waals surface area contributed by atoms with Gasteiger partial charge >= 0.3 is 0 Å². The molecular formula is C49H36N2. The molecule has 0 saturated heterocycles. The summed E-state index contributed by atoms with van der Waals surface area (Å²) >= 11 is 0. The Morgan fingerprint density at radius 1 is 0.451 bits per heavy atom. The van der Waals surface area contributed by atoms with E-state index in [0.29, 0.717) is 0 Å². The lowest BCUT2D eigenvalue weighted by atomic mass is 10.0. The molecule has 0 saturated carbocycles. The fourth-order valence-electron chi connectivity index (χ4n) is 7.54. The van der Waals surface area contributed by atoms with Gasteiger partial charge in [0.1, 0.15) is 0 Å². The quantitative estimate of drug-likeness (QED) is 0.152. The molecular weight excluding hydrogens is 617 g/mol. The Labute approximate surface area is 298 Å². The molecule has 0 amide bonds. The first-order valence-electron chi connectivity index (χ1n) is 17.5. The SMILES string of the molecule is C=C(/C=C\c1c(C)c2ccccc2n1-c1cccc(-c2ccccc2)c1)c1ccc2c(c1)c1ccccc1n2-c1cccc(-c2ccccc2)c1. The zero-order valence-electron chi connectivity index (χ0n) is 28.5. The molecule has 2 nitrogen and oxygen atoms in total. The molecule has 0 aliphatic carbocycles. The number of hydrogen-bond donors (Lipinski definition) is 0. The van der Waals surface area contributed by atoms with E-state index in [2.05, 4.69) is 211 Å². The normalized spacial score (nSPS) is 11.6. The van der Waals surface area contributed by atoms with Crippen LogP contribution in [0.5, 0.6) is 0 Å². The number of benzene rings is 7. The summed E-state index contributed by atoms with van der Waals surface area (Å²) < 4.78 is 4.76. The van der Waals surface area contributed by atoms with Crippen molar-refractivity contribution in [3.05, 3.63) is 205 Å². The Morgan fingerprint density at radius 2 is 0.961 bits per heavy atom. The molecule has 0 aliphatic heterocycles. The van der Waals surface area contributed by atoms with Gasteiger partial charge in [-0.3, -0.25) is 0 Å². The molecule has 0 atom stereocenters. The van der Waals surface area contributed by atoms with Crippen molar-refractivity contribution in [2.45, 2.75) is 6.92 Å². The second-order valence-corrected chi connectivity index (χ2v) is 13.1. The first-order valence-corrected chi connectivity index (χ1v) is 17.5. The predicted molar refractivity (Wildman–Crippen MR) is 218 cm³/mol. The third-order valence-corrected chi connectivity index (χ3v) is 10.1. The zero-order chi connectivity index (χ0) is 34.3. The molecule has 0 spiro atoms. The lowest BCUT2D eigenvalue weighted by Crippen LogP contribution is -1.97. The number of nitrogens with zero attached hydrogens (tertiary/aromatic N) is 2. The summed E-state index contributed by atoms with van der Waals surface area (Å²) in [6.07, 6.45) is 4.40. The largest absolute Gasteiger partial charge is 0.310 e. The molecule has 9 aromatic rings. The molecule has 51 heavy (non-hydrogen) atoms. The van der Waals surface area contributed by atoms with Gasteiger partial charge in [0, 0.05) is 33.2 Å². The topological polar surface area (TPSA) is 9.86 Å². The number of para-hydroxylation sites is 2. The van der Waals surface area contributed by atoms with Crippen LogP contribution in [0.4, 0.5) is 0 Å². The fraction of sp³-hybridized carbons (Fsp3) is 0.0204. The first-order chi connectivity index (χ1) is 25.1. The van der Waals surface area contributed by atoms with E-state index in [0.717, 1.165) is 28.2 Å². The molecule has 2 heterocycles. The van der Waals surface area contributed by atoms with E-state index in [9.17, 15) is 0 Å². The molecule has 9 rings (SSSR count). The summed E-state index contributed by atoms with van der Waals surface area (Å²) in [5.74, 6) is 0. The van der Waals surface area contributed by atoms with Gasteiger partial charge in [0.2, 0.25) is 0 Å². The number of aromatic nitrogens is 2. The number of aryl methyl sites for hydroxylation is 1. The summed E-state index contributed by atoms with van der Waals surface area (Å²) in [6.45, 7) is 6.79. The standard InChI is InChI=1S/C49H36N2/c1-34(27-29-46-35(2)43-23-9-11-25-47(43)50(46)41-21-13-19-39(31-41)36-15-5-3-6-16-36)38-28-30-49-45(33-38)44-24-10-12-26-48(44)51(49)42-22-14-20-40(32-42)37-17-7-4-8-18-37/h3-33H,1H2,2H3/b29-27-. The van der Waals surface area contributed by atoms with Crippen molar-refractivity contribution >= 4 is 44.4 Å². The van der Waals surface area contributed by atoms with Crippen LogP contribution < -0.4 is 0 Å². The molecule has 0 fully saturated rings. The van der Waals surface area contributed by atoms with Gasteiger partial charge in [-0.1, -0.05) is 140 Å². The molecule has 2 aromatic heterocycles. The van der Waals surface area contributed by atoms with E-state index >= 15 is 0 Å². The number of hydrogen-bond acceptors (Lipinski definition) is 0. The van der Waals surface area contributed by atoms with Crippen LogP contribution in [0.15, 0.2) is 189 Å². The van der Waals surface area contributed by atoms with Crippen LogP contribution in [0.25, 0.3) is 78.0 Å².